The molecule has 1 radical (unpaired) electrons. The molecule has 1 aromatic carbocycles. The number of carbonyl (C=O) groups is 1. The van der Waals surface area contributed by atoms with E-state index in [-0.39, 0.29) is 38.5 Å². The molecule has 12 heavy (non-hydrogen) atoms. The van der Waals surface area contributed by atoms with E-state index in [4.69, 9.17) is 0 Å². The van der Waals surface area contributed by atoms with E-state index in [9.17, 15) is 4.79 Å². The van der Waals surface area contributed by atoms with Gasteiger partial charge >= 0.3 is 0 Å². The van der Waals surface area contributed by atoms with Gasteiger partial charge in [0.1, 0.15) is 0 Å². The maximum Gasteiger partial charge on any atom is 0.159 e. The summed E-state index contributed by atoms with van der Waals surface area (Å²) in [4.78, 5) is 10.9. The van der Waals surface area contributed by atoms with Crippen LogP contribution in [-0.4, -0.2) is 5.78 Å². The molecule has 0 fully saturated rings. The largest absolute Gasteiger partial charge is 0.295 e. The summed E-state index contributed by atoms with van der Waals surface area (Å²) in [5, 5.41) is 0. The average Bonchev–Trinajstić information content (AvgIpc) is 1.94. The van der Waals surface area contributed by atoms with Crippen LogP contribution in [0.1, 0.15) is 28.4 Å². The molecule has 1 rings (SSSR count). The van der Waals surface area contributed by atoms with Gasteiger partial charge in [0.05, 0.1) is 0 Å². The second kappa shape index (κ2) is 4.88. The third-order valence-corrected chi connectivity index (χ3v) is 1.91. The van der Waals surface area contributed by atoms with Gasteiger partial charge in [-0.3, -0.25) is 4.79 Å². The molecule has 61 valence electrons. The monoisotopic (exact) mass is 237 g/mol. The van der Waals surface area contributed by atoms with Crippen molar-refractivity contribution < 1.29 is 37.5 Å². The van der Waals surface area contributed by atoms with E-state index in [0.717, 1.165) is 5.56 Å². The molecule has 0 saturated carbocycles. The Bertz CT molecular complexity index is 292. The molecule has 0 unspecified atom stereocenters. The minimum absolute atomic E-state index is 0. The molecule has 2 heteroatoms. The zero-order valence-corrected chi connectivity index (χ0v) is 10.6. The predicted octanol–water partition coefficient (Wildman–Crippen LogP) is 2.50. The Labute approximate surface area is 98.4 Å². The molecular formula is C10H12OY. The van der Waals surface area contributed by atoms with Gasteiger partial charge in [-0.05, 0) is 38.0 Å². The van der Waals surface area contributed by atoms with Crippen LogP contribution in [0.4, 0.5) is 0 Å². The van der Waals surface area contributed by atoms with Crippen LogP contribution in [-0.2, 0) is 32.7 Å². The molecule has 0 amide bonds. The molecule has 0 saturated heterocycles. The Morgan fingerprint density at radius 2 is 1.75 bits per heavy atom. The fraction of sp³-hybridized carbons (Fsp3) is 0.300. The number of Topliss-reactive ketones (excluding diaryl/α,β-unsaturated/α-hetero) is 1. The SMILES string of the molecule is CC(=O)c1ccc(C)c(C)c1.[Y]. The third-order valence-electron chi connectivity index (χ3n) is 1.91. The molecule has 0 aliphatic carbocycles. The van der Waals surface area contributed by atoms with E-state index in [1.54, 1.807) is 6.92 Å². The molecule has 1 nitrogen and oxygen atoms in total. The van der Waals surface area contributed by atoms with Crippen LogP contribution in [0, 0.1) is 13.8 Å². The van der Waals surface area contributed by atoms with Gasteiger partial charge in [0, 0.05) is 38.3 Å². The number of rotatable bonds is 1. The van der Waals surface area contributed by atoms with Crippen molar-refractivity contribution in [1.29, 1.82) is 0 Å². The number of ketones is 1. The van der Waals surface area contributed by atoms with E-state index in [1.807, 2.05) is 32.0 Å². The predicted molar refractivity (Wildman–Crippen MR) is 45.9 cm³/mol. The number of carbonyl (C=O) groups excluding carboxylic acids is 1. The van der Waals surface area contributed by atoms with Crippen molar-refractivity contribution in [1.82, 2.24) is 0 Å². The number of aryl methyl sites for hydroxylation is 2. The van der Waals surface area contributed by atoms with Gasteiger partial charge in [-0.15, -0.1) is 0 Å². The van der Waals surface area contributed by atoms with E-state index in [0.29, 0.717) is 0 Å². The molecule has 0 aliphatic heterocycles. The van der Waals surface area contributed by atoms with Crippen LogP contribution >= 0.6 is 0 Å². The zero-order valence-electron chi connectivity index (χ0n) is 7.72. The summed E-state index contributed by atoms with van der Waals surface area (Å²) in [5.41, 5.74) is 3.21. The van der Waals surface area contributed by atoms with Gasteiger partial charge in [-0.1, -0.05) is 12.1 Å². The zero-order chi connectivity index (χ0) is 8.43. The molecule has 1 aromatic rings. The molecule has 0 aliphatic rings. The van der Waals surface area contributed by atoms with Gasteiger partial charge < -0.3 is 0 Å². The van der Waals surface area contributed by atoms with Crippen LogP contribution in [0.25, 0.3) is 0 Å². The topological polar surface area (TPSA) is 17.1 Å². The number of hydrogen-bond acceptors (Lipinski definition) is 1. The summed E-state index contributed by atoms with van der Waals surface area (Å²) in [6, 6.07) is 5.77. The van der Waals surface area contributed by atoms with Crippen LogP contribution in [0.3, 0.4) is 0 Å². The molecule has 0 bridgehead atoms. The van der Waals surface area contributed by atoms with E-state index >= 15 is 0 Å². The van der Waals surface area contributed by atoms with Gasteiger partial charge in [-0.25, -0.2) is 0 Å². The van der Waals surface area contributed by atoms with Crippen molar-refractivity contribution in [3.8, 4) is 0 Å². The van der Waals surface area contributed by atoms with Crippen molar-refractivity contribution in [3.63, 3.8) is 0 Å². The van der Waals surface area contributed by atoms with Crippen LogP contribution in [0.5, 0.6) is 0 Å². The van der Waals surface area contributed by atoms with Gasteiger partial charge in [0.2, 0.25) is 0 Å². The van der Waals surface area contributed by atoms with E-state index in [2.05, 4.69) is 0 Å². The molecule has 0 heterocycles. The summed E-state index contributed by atoms with van der Waals surface area (Å²) >= 11 is 0. The molecule has 0 atom stereocenters. The Kier molecular flexibility index (Phi) is 4.88. The smallest absolute Gasteiger partial charge is 0.159 e. The summed E-state index contributed by atoms with van der Waals surface area (Å²) in [6.45, 7) is 5.64. The maximum atomic E-state index is 10.9. The van der Waals surface area contributed by atoms with Crippen molar-refractivity contribution in [2.24, 2.45) is 0 Å². The molecule has 0 N–H and O–H groups in total. The fourth-order valence-electron chi connectivity index (χ4n) is 0.960. The number of hydrogen-bond donors (Lipinski definition) is 0. The Balaban J connectivity index is 0.00000121. The quantitative estimate of drug-likeness (QED) is 0.686. The third kappa shape index (κ3) is 2.80. The van der Waals surface area contributed by atoms with Gasteiger partial charge in [0.25, 0.3) is 0 Å². The molecule has 0 spiro atoms. The van der Waals surface area contributed by atoms with E-state index < -0.39 is 0 Å². The van der Waals surface area contributed by atoms with Crippen molar-refractivity contribution in [2.75, 3.05) is 0 Å². The van der Waals surface area contributed by atoms with Crippen LogP contribution < -0.4 is 0 Å². The van der Waals surface area contributed by atoms with Crippen molar-refractivity contribution in [2.45, 2.75) is 20.8 Å². The second-order valence-electron chi connectivity index (χ2n) is 2.86. The van der Waals surface area contributed by atoms with Gasteiger partial charge in [-0.2, -0.15) is 0 Å². The Morgan fingerprint density at radius 1 is 1.17 bits per heavy atom. The van der Waals surface area contributed by atoms with Gasteiger partial charge in [0.15, 0.2) is 5.78 Å². The fourth-order valence-corrected chi connectivity index (χ4v) is 0.960. The first-order valence-corrected chi connectivity index (χ1v) is 3.69. The normalized spacial score (nSPS) is 8.92. The summed E-state index contributed by atoms with van der Waals surface area (Å²) in [7, 11) is 0. The van der Waals surface area contributed by atoms with Crippen molar-refractivity contribution in [3.05, 3.63) is 34.9 Å². The standard InChI is InChI=1S/C10H12O.Y/c1-7-4-5-10(9(3)11)6-8(7)2;/h4-6H,1-3H3;. The minimum Gasteiger partial charge on any atom is -0.295 e. The first-order chi connectivity index (χ1) is 5.11. The van der Waals surface area contributed by atoms with E-state index in [1.165, 1.54) is 11.1 Å². The van der Waals surface area contributed by atoms with Crippen molar-refractivity contribution >= 4 is 5.78 Å². The molecule has 0 aromatic heterocycles. The van der Waals surface area contributed by atoms with Crippen LogP contribution in [0.15, 0.2) is 18.2 Å². The first-order valence-electron chi connectivity index (χ1n) is 3.69. The summed E-state index contributed by atoms with van der Waals surface area (Å²) < 4.78 is 0. The van der Waals surface area contributed by atoms with Crippen LogP contribution in [0.2, 0.25) is 0 Å². The average molecular weight is 237 g/mol. The minimum atomic E-state index is 0. The summed E-state index contributed by atoms with van der Waals surface area (Å²) in [6.07, 6.45) is 0. The number of benzene rings is 1. The molecular weight excluding hydrogens is 225 g/mol. The summed E-state index contributed by atoms with van der Waals surface area (Å²) in [5.74, 6) is 0.133. The first kappa shape index (κ1) is 12.0. The Morgan fingerprint density at radius 3 is 2.17 bits per heavy atom. The maximum absolute atomic E-state index is 10.9. The Hall–Kier alpha value is -0.00610. The second-order valence-corrected chi connectivity index (χ2v) is 2.86.